The molecule has 3 heterocycles. The molecule has 0 aromatic carbocycles. The molecule has 0 radical (unpaired) electrons. The number of aryl methyl sites for hydroxylation is 3. The molecule has 2 aromatic heterocycles. The van der Waals surface area contributed by atoms with Gasteiger partial charge in [-0.15, -0.1) is 21.5 Å². The first-order chi connectivity index (χ1) is 11.2. The zero-order valence-corrected chi connectivity index (χ0v) is 14.3. The Morgan fingerprint density at radius 3 is 3.00 bits per heavy atom. The van der Waals surface area contributed by atoms with Gasteiger partial charge < -0.3 is 9.88 Å². The highest BCUT2D eigenvalue weighted by atomic mass is 32.1. The van der Waals surface area contributed by atoms with Crippen molar-refractivity contribution < 1.29 is 4.79 Å². The van der Waals surface area contributed by atoms with E-state index in [0.29, 0.717) is 0 Å². The van der Waals surface area contributed by atoms with Gasteiger partial charge in [0.25, 0.3) is 5.91 Å². The molecule has 0 bridgehead atoms. The standard InChI is InChI=1S/C17H22N4OS/c1-11(16-20-19-15-8-5-9-21(15)16)18-17(22)14-10-12-6-3-2-4-7-13(12)23-14/h10-11H,2-9H2,1H3,(H,18,22)/t11-/m1/s1. The summed E-state index contributed by atoms with van der Waals surface area (Å²) in [4.78, 5) is 14.8. The van der Waals surface area contributed by atoms with Gasteiger partial charge in [0.2, 0.25) is 0 Å². The molecular formula is C17H22N4OS. The zero-order valence-electron chi connectivity index (χ0n) is 13.5. The molecule has 1 atom stereocenters. The number of aromatic nitrogens is 3. The number of thiophene rings is 1. The van der Waals surface area contributed by atoms with Gasteiger partial charge in [-0.05, 0) is 50.7 Å². The van der Waals surface area contributed by atoms with E-state index in [0.717, 1.165) is 48.8 Å². The van der Waals surface area contributed by atoms with E-state index in [1.807, 2.05) is 6.92 Å². The van der Waals surface area contributed by atoms with Crippen molar-refractivity contribution in [1.82, 2.24) is 20.1 Å². The van der Waals surface area contributed by atoms with Crippen LogP contribution in [0.5, 0.6) is 0 Å². The Hall–Kier alpha value is -1.69. The third-order valence-corrected chi connectivity index (χ3v) is 6.08. The maximum Gasteiger partial charge on any atom is 0.261 e. The van der Waals surface area contributed by atoms with Gasteiger partial charge >= 0.3 is 0 Å². The minimum atomic E-state index is -0.108. The van der Waals surface area contributed by atoms with E-state index in [4.69, 9.17) is 0 Å². The minimum Gasteiger partial charge on any atom is -0.342 e. The first-order valence-corrected chi connectivity index (χ1v) is 9.38. The van der Waals surface area contributed by atoms with Gasteiger partial charge in [0.1, 0.15) is 5.82 Å². The molecule has 23 heavy (non-hydrogen) atoms. The van der Waals surface area contributed by atoms with Crippen LogP contribution in [0.1, 0.15) is 70.4 Å². The van der Waals surface area contributed by atoms with Crippen molar-refractivity contribution in [2.45, 2.75) is 64.5 Å². The van der Waals surface area contributed by atoms with Crippen LogP contribution in [0, 0.1) is 0 Å². The molecule has 2 aliphatic rings. The van der Waals surface area contributed by atoms with Gasteiger partial charge in [0.15, 0.2) is 5.82 Å². The number of rotatable bonds is 3. The summed E-state index contributed by atoms with van der Waals surface area (Å²) in [5, 5.41) is 11.6. The summed E-state index contributed by atoms with van der Waals surface area (Å²) >= 11 is 1.67. The molecule has 5 nitrogen and oxygen atoms in total. The van der Waals surface area contributed by atoms with Crippen molar-refractivity contribution in [2.24, 2.45) is 0 Å². The number of fused-ring (bicyclic) bond motifs is 2. The smallest absolute Gasteiger partial charge is 0.261 e. The molecule has 0 saturated heterocycles. The highest BCUT2D eigenvalue weighted by Gasteiger charge is 2.24. The number of hydrogen-bond acceptors (Lipinski definition) is 4. The molecule has 0 fully saturated rings. The number of nitrogens with one attached hydrogen (secondary N) is 1. The average molecular weight is 330 g/mol. The quantitative estimate of drug-likeness (QED) is 0.880. The predicted molar refractivity (Wildman–Crippen MR) is 89.8 cm³/mol. The number of carbonyl (C=O) groups excluding carboxylic acids is 1. The number of hydrogen-bond donors (Lipinski definition) is 1. The molecule has 122 valence electrons. The molecule has 1 amide bonds. The second-order valence-electron chi connectivity index (χ2n) is 6.54. The monoisotopic (exact) mass is 330 g/mol. The van der Waals surface area contributed by atoms with E-state index in [-0.39, 0.29) is 11.9 Å². The van der Waals surface area contributed by atoms with Crippen molar-refractivity contribution in [3.05, 3.63) is 33.0 Å². The van der Waals surface area contributed by atoms with Crippen LogP contribution in [0.15, 0.2) is 6.07 Å². The second-order valence-corrected chi connectivity index (χ2v) is 7.68. The normalized spacial score (nSPS) is 18.1. The summed E-state index contributed by atoms with van der Waals surface area (Å²) in [6, 6.07) is 1.99. The third kappa shape index (κ3) is 2.80. The lowest BCUT2D eigenvalue weighted by Gasteiger charge is -2.13. The molecule has 1 aliphatic carbocycles. The van der Waals surface area contributed by atoms with Gasteiger partial charge in [-0.25, -0.2) is 0 Å². The van der Waals surface area contributed by atoms with E-state index >= 15 is 0 Å². The lowest BCUT2D eigenvalue weighted by molar-refractivity contribution is 0.0941. The fraction of sp³-hybridized carbons (Fsp3) is 0.588. The molecule has 6 heteroatoms. The third-order valence-electron chi connectivity index (χ3n) is 4.84. The van der Waals surface area contributed by atoms with Crippen molar-refractivity contribution in [1.29, 1.82) is 0 Å². The largest absolute Gasteiger partial charge is 0.342 e. The summed E-state index contributed by atoms with van der Waals surface area (Å²) in [5.41, 5.74) is 1.38. The average Bonchev–Trinajstić information content (AvgIpc) is 3.19. The fourth-order valence-corrected chi connectivity index (χ4v) is 4.76. The van der Waals surface area contributed by atoms with E-state index in [1.165, 1.54) is 29.7 Å². The lowest BCUT2D eigenvalue weighted by atomic mass is 10.1. The van der Waals surface area contributed by atoms with Crippen LogP contribution in [0.3, 0.4) is 0 Å². The Balaban J connectivity index is 1.49. The van der Waals surface area contributed by atoms with Crippen LogP contribution in [-0.4, -0.2) is 20.7 Å². The fourth-order valence-electron chi connectivity index (χ4n) is 3.61. The van der Waals surface area contributed by atoms with Gasteiger partial charge in [-0.3, -0.25) is 4.79 Å². The predicted octanol–water partition coefficient (Wildman–Crippen LogP) is 3.05. The Labute approximate surface area is 140 Å². The molecule has 1 N–H and O–H groups in total. The van der Waals surface area contributed by atoms with Crippen LogP contribution in [0.4, 0.5) is 0 Å². The minimum absolute atomic E-state index is 0.0194. The Morgan fingerprint density at radius 1 is 1.22 bits per heavy atom. The van der Waals surface area contributed by atoms with Crippen molar-refractivity contribution in [3.63, 3.8) is 0 Å². The van der Waals surface area contributed by atoms with Crippen molar-refractivity contribution in [2.75, 3.05) is 0 Å². The van der Waals surface area contributed by atoms with Gasteiger partial charge in [0, 0.05) is 17.8 Å². The van der Waals surface area contributed by atoms with E-state index in [9.17, 15) is 4.79 Å². The Morgan fingerprint density at radius 2 is 2.09 bits per heavy atom. The van der Waals surface area contributed by atoms with Crippen LogP contribution in [0.25, 0.3) is 0 Å². The van der Waals surface area contributed by atoms with Gasteiger partial charge in [-0.2, -0.15) is 0 Å². The van der Waals surface area contributed by atoms with Gasteiger partial charge in [-0.1, -0.05) is 6.42 Å². The molecular weight excluding hydrogens is 308 g/mol. The van der Waals surface area contributed by atoms with E-state index in [2.05, 4.69) is 26.1 Å². The molecule has 0 saturated carbocycles. The van der Waals surface area contributed by atoms with Crippen LogP contribution < -0.4 is 5.32 Å². The Bertz CT molecular complexity index is 710. The topological polar surface area (TPSA) is 59.8 Å². The van der Waals surface area contributed by atoms with E-state index < -0.39 is 0 Å². The van der Waals surface area contributed by atoms with Crippen LogP contribution in [0.2, 0.25) is 0 Å². The summed E-state index contributed by atoms with van der Waals surface area (Å²) < 4.78 is 2.15. The van der Waals surface area contributed by atoms with E-state index in [1.54, 1.807) is 11.3 Å². The second kappa shape index (κ2) is 6.07. The summed E-state index contributed by atoms with van der Waals surface area (Å²) in [6.07, 6.45) is 8.15. The van der Waals surface area contributed by atoms with Gasteiger partial charge in [0.05, 0.1) is 10.9 Å². The lowest BCUT2D eigenvalue weighted by Crippen LogP contribution is -2.28. The van der Waals surface area contributed by atoms with Crippen molar-refractivity contribution in [3.8, 4) is 0 Å². The first kappa shape index (κ1) is 14.9. The molecule has 2 aromatic rings. The maximum absolute atomic E-state index is 12.6. The maximum atomic E-state index is 12.6. The Kier molecular flexibility index (Phi) is 3.93. The van der Waals surface area contributed by atoms with Crippen LogP contribution in [-0.2, 0) is 25.8 Å². The highest BCUT2D eigenvalue weighted by molar-refractivity contribution is 7.14. The first-order valence-electron chi connectivity index (χ1n) is 8.57. The SMILES string of the molecule is C[C@@H](NC(=O)c1cc2c(s1)CCCCC2)c1nnc2n1CCC2. The number of amides is 1. The molecule has 4 rings (SSSR count). The zero-order chi connectivity index (χ0) is 15.8. The highest BCUT2D eigenvalue weighted by Crippen LogP contribution is 2.29. The molecule has 0 spiro atoms. The number of carbonyl (C=O) groups is 1. The summed E-state index contributed by atoms with van der Waals surface area (Å²) in [6.45, 7) is 2.96. The molecule has 1 aliphatic heterocycles. The summed E-state index contributed by atoms with van der Waals surface area (Å²) in [7, 11) is 0. The number of nitrogens with zero attached hydrogens (tertiary/aromatic N) is 3. The van der Waals surface area contributed by atoms with Crippen LogP contribution >= 0.6 is 11.3 Å². The summed E-state index contributed by atoms with van der Waals surface area (Å²) in [5.74, 6) is 1.94. The molecule has 0 unspecified atom stereocenters. The van der Waals surface area contributed by atoms with Crippen molar-refractivity contribution >= 4 is 17.2 Å².